The van der Waals surface area contributed by atoms with Crippen LogP contribution < -0.4 is 10.7 Å². The molecule has 4 nitrogen and oxygen atoms in total. The smallest absolute Gasteiger partial charge is 0.242 e. The quantitative estimate of drug-likeness (QED) is 0.864. The Morgan fingerprint density at radius 1 is 1.44 bits per heavy atom. The van der Waals surface area contributed by atoms with Crippen molar-refractivity contribution < 1.29 is 4.79 Å². The molecule has 2 rings (SSSR count). The Morgan fingerprint density at radius 3 is 2.94 bits per heavy atom. The summed E-state index contributed by atoms with van der Waals surface area (Å²) in [6.07, 6.45) is 0.534. The summed E-state index contributed by atoms with van der Waals surface area (Å²) in [7, 11) is 0. The molecule has 0 atom stereocenters. The molecule has 16 heavy (non-hydrogen) atoms. The summed E-state index contributed by atoms with van der Waals surface area (Å²) < 4.78 is 0. The highest BCUT2D eigenvalue weighted by atomic mass is 35.5. The molecule has 1 aliphatic heterocycles. The van der Waals surface area contributed by atoms with E-state index < -0.39 is 0 Å². The summed E-state index contributed by atoms with van der Waals surface area (Å²) in [6.45, 7) is 1.70. The van der Waals surface area contributed by atoms with E-state index in [2.05, 4.69) is 0 Å². The minimum Gasteiger partial charge on any atom is -0.329 e. The average molecular weight is 240 g/mol. The topological polar surface area (TPSA) is 49.6 Å². The molecule has 1 amide bonds. The minimum absolute atomic E-state index is 0.116. The van der Waals surface area contributed by atoms with Gasteiger partial charge >= 0.3 is 0 Å². The Bertz CT molecular complexity index is 397. The van der Waals surface area contributed by atoms with Crippen molar-refractivity contribution in [2.45, 2.75) is 6.42 Å². The van der Waals surface area contributed by atoms with Crippen molar-refractivity contribution in [2.24, 2.45) is 5.73 Å². The lowest BCUT2D eigenvalue weighted by Crippen LogP contribution is -2.42. The SMILES string of the molecule is NCCN1C(=O)CCN1c1cccc(Cl)c1. The number of nitrogens with zero attached hydrogens (tertiary/aromatic N) is 2. The van der Waals surface area contributed by atoms with Crippen LogP contribution in [-0.4, -0.2) is 30.6 Å². The van der Waals surface area contributed by atoms with Crippen LogP contribution in [-0.2, 0) is 4.79 Å². The van der Waals surface area contributed by atoms with Crippen LogP contribution in [0.5, 0.6) is 0 Å². The molecule has 0 spiro atoms. The van der Waals surface area contributed by atoms with Gasteiger partial charge in [-0.05, 0) is 18.2 Å². The lowest BCUT2D eigenvalue weighted by atomic mass is 10.3. The van der Waals surface area contributed by atoms with E-state index in [9.17, 15) is 4.79 Å². The summed E-state index contributed by atoms with van der Waals surface area (Å²) in [5.41, 5.74) is 6.43. The number of hydrogen-bond donors (Lipinski definition) is 1. The minimum atomic E-state index is 0.116. The van der Waals surface area contributed by atoms with Crippen LogP contribution in [0.3, 0.4) is 0 Å². The van der Waals surface area contributed by atoms with Crippen molar-refractivity contribution in [1.82, 2.24) is 5.01 Å². The fraction of sp³-hybridized carbons (Fsp3) is 0.364. The van der Waals surface area contributed by atoms with Crippen LogP contribution in [0, 0.1) is 0 Å². The highest BCUT2D eigenvalue weighted by Crippen LogP contribution is 2.24. The van der Waals surface area contributed by atoms with Crippen LogP contribution in [0.4, 0.5) is 5.69 Å². The van der Waals surface area contributed by atoms with Gasteiger partial charge in [-0.3, -0.25) is 14.8 Å². The number of hydrogen-bond acceptors (Lipinski definition) is 3. The molecule has 0 saturated carbocycles. The maximum Gasteiger partial charge on any atom is 0.242 e. The van der Waals surface area contributed by atoms with Crippen LogP contribution >= 0.6 is 11.6 Å². The number of benzene rings is 1. The lowest BCUT2D eigenvalue weighted by molar-refractivity contribution is -0.128. The van der Waals surface area contributed by atoms with Gasteiger partial charge in [-0.1, -0.05) is 17.7 Å². The highest BCUT2D eigenvalue weighted by Gasteiger charge is 2.28. The maximum absolute atomic E-state index is 11.6. The molecular weight excluding hydrogens is 226 g/mol. The molecule has 1 aromatic rings. The molecule has 86 valence electrons. The van der Waals surface area contributed by atoms with E-state index in [0.717, 1.165) is 5.69 Å². The first-order chi connectivity index (χ1) is 7.72. The van der Waals surface area contributed by atoms with Crippen LogP contribution in [0.1, 0.15) is 6.42 Å². The third-order valence-electron chi connectivity index (χ3n) is 2.56. The summed E-state index contributed by atoms with van der Waals surface area (Å²) >= 11 is 5.93. The van der Waals surface area contributed by atoms with Crippen LogP contribution in [0.25, 0.3) is 0 Å². The fourth-order valence-corrected chi connectivity index (χ4v) is 2.04. The maximum atomic E-state index is 11.6. The number of carbonyl (C=O) groups is 1. The molecule has 0 radical (unpaired) electrons. The first kappa shape index (κ1) is 11.2. The summed E-state index contributed by atoms with van der Waals surface area (Å²) in [5, 5.41) is 4.29. The number of amides is 1. The van der Waals surface area contributed by atoms with Gasteiger partial charge in [-0.25, -0.2) is 0 Å². The Morgan fingerprint density at radius 2 is 2.25 bits per heavy atom. The largest absolute Gasteiger partial charge is 0.329 e. The number of rotatable bonds is 3. The van der Waals surface area contributed by atoms with Gasteiger partial charge in [0.25, 0.3) is 0 Å². The molecule has 2 N–H and O–H groups in total. The van der Waals surface area contributed by atoms with Crippen molar-refractivity contribution in [2.75, 3.05) is 24.6 Å². The number of anilines is 1. The Balaban J connectivity index is 2.23. The van der Waals surface area contributed by atoms with Gasteiger partial charge in [0.2, 0.25) is 5.91 Å². The van der Waals surface area contributed by atoms with Gasteiger partial charge in [-0.2, -0.15) is 0 Å². The normalized spacial score (nSPS) is 16.0. The van der Waals surface area contributed by atoms with Crippen LogP contribution in [0.15, 0.2) is 24.3 Å². The molecule has 1 fully saturated rings. The lowest BCUT2D eigenvalue weighted by Gasteiger charge is -2.29. The fourth-order valence-electron chi connectivity index (χ4n) is 1.86. The van der Waals surface area contributed by atoms with E-state index in [1.54, 1.807) is 5.01 Å². The standard InChI is InChI=1S/C11H14ClN3O/c12-9-2-1-3-10(8-9)14-6-4-11(16)15(14)7-5-13/h1-3,8H,4-7,13H2. The third-order valence-corrected chi connectivity index (χ3v) is 2.80. The monoisotopic (exact) mass is 239 g/mol. The van der Waals surface area contributed by atoms with Crippen molar-refractivity contribution in [1.29, 1.82) is 0 Å². The second kappa shape index (κ2) is 4.72. The van der Waals surface area contributed by atoms with Crippen molar-refractivity contribution in [3.05, 3.63) is 29.3 Å². The molecule has 0 aromatic heterocycles. The van der Waals surface area contributed by atoms with Gasteiger partial charge in [0, 0.05) is 24.5 Å². The molecule has 5 heteroatoms. The van der Waals surface area contributed by atoms with E-state index in [4.69, 9.17) is 17.3 Å². The zero-order valence-corrected chi connectivity index (χ0v) is 9.65. The third kappa shape index (κ3) is 2.13. The predicted molar refractivity (Wildman–Crippen MR) is 64.2 cm³/mol. The molecule has 0 bridgehead atoms. The van der Waals surface area contributed by atoms with E-state index >= 15 is 0 Å². The Labute approximate surface area is 99.5 Å². The molecule has 1 aromatic carbocycles. The number of nitrogens with two attached hydrogens (primary N) is 1. The van der Waals surface area contributed by atoms with Crippen molar-refractivity contribution >= 4 is 23.2 Å². The van der Waals surface area contributed by atoms with Gasteiger partial charge in [0.15, 0.2) is 0 Å². The molecule has 1 aliphatic rings. The summed E-state index contributed by atoms with van der Waals surface area (Å²) in [5.74, 6) is 0.116. The van der Waals surface area contributed by atoms with Crippen molar-refractivity contribution in [3.8, 4) is 0 Å². The predicted octanol–water partition coefficient (Wildman–Crippen LogP) is 1.25. The molecule has 0 aliphatic carbocycles. The summed E-state index contributed by atoms with van der Waals surface area (Å²) in [4.78, 5) is 11.6. The number of halogens is 1. The molecule has 0 unspecified atom stereocenters. The van der Waals surface area contributed by atoms with Crippen LogP contribution in [0.2, 0.25) is 5.02 Å². The zero-order chi connectivity index (χ0) is 11.5. The second-order valence-corrected chi connectivity index (χ2v) is 4.10. The zero-order valence-electron chi connectivity index (χ0n) is 8.90. The molecule has 1 saturated heterocycles. The Kier molecular flexibility index (Phi) is 3.31. The van der Waals surface area contributed by atoms with E-state index in [1.165, 1.54) is 0 Å². The number of carbonyl (C=O) groups excluding carboxylic acids is 1. The molecular formula is C11H14ClN3O. The first-order valence-corrected chi connectivity index (χ1v) is 5.63. The first-order valence-electron chi connectivity index (χ1n) is 5.26. The van der Waals surface area contributed by atoms with Gasteiger partial charge < -0.3 is 5.73 Å². The Hall–Kier alpha value is -1.26. The van der Waals surface area contributed by atoms with E-state index in [0.29, 0.717) is 31.1 Å². The molecule has 1 heterocycles. The second-order valence-electron chi connectivity index (χ2n) is 3.66. The number of hydrazine groups is 1. The summed E-state index contributed by atoms with van der Waals surface area (Å²) in [6, 6.07) is 7.48. The van der Waals surface area contributed by atoms with E-state index in [-0.39, 0.29) is 5.91 Å². The van der Waals surface area contributed by atoms with Crippen molar-refractivity contribution in [3.63, 3.8) is 0 Å². The highest BCUT2D eigenvalue weighted by molar-refractivity contribution is 6.30. The van der Waals surface area contributed by atoms with Gasteiger partial charge in [0.05, 0.1) is 12.2 Å². The van der Waals surface area contributed by atoms with Gasteiger partial charge in [-0.15, -0.1) is 0 Å². The van der Waals surface area contributed by atoms with Gasteiger partial charge in [0.1, 0.15) is 0 Å². The average Bonchev–Trinajstić information content (AvgIpc) is 2.61. The van der Waals surface area contributed by atoms with E-state index in [1.807, 2.05) is 29.3 Å².